The molecule has 0 aromatic rings. The van der Waals surface area contributed by atoms with Crippen molar-refractivity contribution < 1.29 is 44.8 Å². The van der Waals surface area contributed by atoms with Crippen molar-refractivity contribution in [2.24, 2.45) is 28.9 Å². The molecule has 0 bridgehead atoms. The van der Waals surface area contributed by atoms with Gasteiger partial charge in [0.05, 0.1) is 43.2 Å². The van der Waals surface area contributed by atoms with Crippen LogP contribution in [0.25, 0.3) is 0 Å². The van der Waals surface area contributed by atoms with Crippen molar-refractivity contribution in [3.8, 4) is 0 Å². The van der Waals surface area contributed by atoms with E-state index in [-0.39, 0.29) is 19.4 Å². The van der Waals surface area contributed by atoms with Crippen LogP contribution in [0.1, 0.15) is 12.8 Å². The number of rotatable bonds is 6. The Bertz CT molecular complexity index is 576. The van der Waals surface area contributed by atoms with Crippen LogP contribution >= 0.6 is 0 Å². The lowest BCUT2D eigenvalue weighted by atomic mass is 9.79. The predicted molar refractivity (Wildman–Crippen MR) is 105 cm³/mol. The number of hydrogen-bond donors (Lipinski definition) is 10. The van der Waals surface area contributed by atoms with Gasteiger partial charge in [0.1, 0.15) is 24.4 Å². The molecule has 0 radical (unpaired) electrons. The van der Waals surface area contributed by atoms with Gasteiger partial charge in [-0.15, -0.1) is 0 Å². The second-order valence-electron chi connectivity index (χ2n) is 8.79. The summed E-state index contributed by atoms with van der Waals surface area (Å²) >= 11 is 0. The van der Waals surface area contributed by atoms with Crippen LogP contribution in [0.5, 0.6) is 0 Å². The molecule has 7 unspecified atom stereocenters. The first-order valence-corrected chi connectivity index (χ1v) is 10.5. The average molecular weight is 453 g/mol. The Kier molecular flexibility index (Phi) is 8.24. The van der Waals surface area contributed by atoms with Gasteiger partial charge in [-0.1, -0.05) is 0 Å². The highest BCUT2D eigenvalue weighted by molar-refractivity contribution is 5.00. The Morgan fingerprint density at radius 1 is 0.774 bits per heavy atom. The van der Waals surface area contributed by atoms with E-state index in [1.807, 2.05) is 0 Å². The molecule has 1 aliphatic heterocycles. The molecule has 1 heterocycles. The topological polar surface area (TPSA) is 253 Å². The van der Waals surface area contributed by atoms with Gasteiger partial charge >= 0.3 is 0 Å². The van der Waals surface area contributed by atoms with Gasteiger partial charge in [-0.05, 0) is 19.4 Å². The summed E-state index contributed by atoms with van der Waals surface area (Å²) in [6, 6.07) is -2.42. The molecular formula is C18H36N4O9. The van der Waals surface area contributed by atoms with Gasteiger partial charge in [-0.25, -0.2) is 0 Å². The highest BCUT2D eigenvalue weighted by Crippen LogP contribution is 2.33. The van der Waals surface area contributed by atoms with Crippen LogP contribution in [0.3, 0.4) is 0 Å². The molecule has 31 heavy (non-hydrogen) atoms. The molecule has 13 nitrogen and oxygen atoms in total. The summed E-state index contributed by atoms with van der Waals surface area (Å²) in [6.07, 6.45) is -11.3. The quantitative estimate of drug-likeness (QED) is 0.180. The maximum absolute atomic E-state index is 10.8. The van der Waals surface area contributed by atoms with Crippen LogP contribution in [0.4, 0.5) is 0 Å². The normalized spacial score (nSPS) is 53.6. The van der Waals surface area contributed by atoms with Crippen molar-refractivity contribution in [3.05, 3.63) is 0 Å². The first kappa shape index (κ1) is 25.1. The molecule has 2 aliphatic carbocycles. The molecular weight excluding hydrogens is 416 g/mol. The van der Waals surface area contributed by atoms with Gasteiger partial charge in [-0.2, -0.15) is 0 Å². The van der Waals surface area contributed by atoms with Crippen molar-refractivity contribution in [3.63, 3.8) is 0 Å². The fourth-order valence-corrected chi connectivity index (χ4v) is 4.64. The lowest BCUT2D eigenvalue weighted by Gasteiger charge is -2.42. The Morgan fingerprint density at radius 2 is 1.39 bits per heavy atom. The third-order valence-electron chi connectivity index (χ3n) is 6.68. The van der Waals surface area contributed by atoms with Crippen molar-refractivity contribution in [1.82, 2.24) is 0 Å². The first-order chi connectivity index (χ1) is 14.6. The zero-order valence-electron chi connectivity index (χ0n) is 17.1. The Balaban J connectivity index is 1.70. The number of ether oxygens (including phenoxy) is 3. The molecule has 13 heteroatoms. The van der Waals surface area contributed by atoms with Gasteiger partial charge in [0.2, 0.25) is 0 Å². The number of nitrogens with two attached hydrogens (primary N) is 4. The fourth-order valence-electron chi connectivity index (χ4n) is 4.64. The average Bonchev–Trinajstić information content (AvgIpc) is 3.04. The van der Waals surface area contributed by atoms with E-state index in [1.165, 1.54) is 0 Å². The van der Waals surface area contributed by atoms with E-state index in [0.717, 1.165) is 0 Å². The van der Waals surface area contributed by atoms with E-state index in [0.29, 0.717) is 0 Å². The molecule has 3 aliphatic rings. The van der Waals surface area contributed by atoms with Crippen molar-refractivity contribution in [1.29, 1.82) is 0 Å². The summed E-state index contributed by atoms with van der Waals surface area (Å²) in [7, 11) is 0. The zero-order chi connectivity index (χ0) is 23.0. The SMILES string of the molecule is NC[C@@H]1CC(OC2C(CO)OC(OC3[C@@H](O)C(N)C[C@H](N)[C@H]3O)C2O)[C@H](N)[C@@H](O)[C@@H]1O. The smallest absolute Gasteiger partial charge is 0.187 e. The van der Waals surface area contributed by atoms with Crippen molar-refractivity contribution >= 4 is 0 Å². The zero-order valence-corrected chi connectivity index (χ0v) is 17.1. The van der Waals surface area contributed by atoms with Gasteiger partial charge in [0, 0.05) is 18.0 Å². The lowest BCUT2D eigenvalue weighted by molar-refractivity contribution is -0.242. The van der Waals surface area contributed by atoms with Gasteiger partial charge < -0.3 is 67.8 Å². The van der Waals surface area contributed by atoms with Crippen molar-refractivity contribution in [2.45, 2.75) is 92.2 Å². The molecule has 0 amide bonds. The molecule has 0 spiro atoms. The minimum absolute atomic E-state index is 0.0989. The summed E-state index contributed by atoms with van der Waals surface area (Å²) in [6.45, 7) is -0.425. The third kappa shape index (κ3) is 4.89. The van der Waals surface area contributed by atoms with Crippen LogP contribution in [0, 0.1) is 5.92 Å². The van der Waals surface area contributed by atoms with Crippen LogP contribution in [-0.4, -0.2) is 123 Å². The highest BCUT2D eigenvalue weighted by atomic mass is 16.7. The molecule has 0 aromatic carbocycles. The van der Waals surface area contributed by atoms with Crippen LogP contribution in [0.15, 0.2) is 0 Å². The second kappa shape index (κ2) is 10.2. The highest BCUT2D eigenvalue weighted by Gasteiger charge is 2.52. The van der Waals surface area contributed by atoms with Gasteiger partial charge in [0.15, 0.2) is 6.29 Å². The molecule has 0 aromatic heterocycles. The van der Waals surface area contributed by atoms with E-state index in [1.54, 1.807) is 0 Å². The Morgan fingerprint density at radius 3 is 1.94 bits per heavy atom. The lowest BCUT2D eigenvalue weighted by Crippen LogP contribution is -2.63. The van der Waals surface area contributed by atoms with E-state index < -0.39 is 91.9 Å². The molecule has 3 rings (SSSR count). The molecule has 3 fully saturated rings. The minimum Gasteiger partial charge on any atom is -0.394 e. The van der Waals surface area contributed by atoms with Crippen LogP contribution in [-0.2, 0) is 14.2 Å². The van der Waals surface area contributed by atoms with Crippen molar-refractivity contribution in [2.75, 3.05) is 13.2 Å². The first-order valence-electron chi connectivity index (χ1n) is 10.5. The van der Waals surface area contributed by atoms with Crippen LogP contribution < -0.4 is 22.9 Å². The van der Waals surface area contributed by atoms with Gasteiger partial charge in [0.25, 0.3) is 0 Å². The molecule has 1 saturated heterocycles. The Labute approximate surface area is 179 Å². The second-order valence-corrected chi connectivity index (χ2v) is 8.79. The molecule has 14 atom stereocenters. The predicted octanol–water partition coefficient (Wildman–Crippen LogP) is -5.99. The van der Waals surface area contributed by atoms with E-state index in [4.69, 9.17) is 37.1 Å². The third-order valence-corrected chi connectivity index (χ3v) is 6.68. The monoisotopic (exact) mass is 452 g/mol. The summed E-state index contributed by atoms with van der Waals surface area (Å²) < 4.78 is 17.1. The van der Waals surface area contributed by atoms with Crippen LogP contribution in [0.2, 0.25) is 0 Å². The van der Waals surface area contributed by atoms with E-state index in [2.05, 4.69) is 0 Å². The molecule has 14 N–H and O–H groups in total. The largest absolute Gasteiger partial charge is 0.394 e. The molecule has 182 valence electrons. The van der Waals surface area contributed by atoms with E-state index in [9.17, 15) is 30.6 Å². The van der Waals surface area contributed by atoms with E-state index >= 15 is 0 Å². The maximum Gasteiger partial charge on any atom is 0.187 e. The number of hydrogen-bond acceptors (Lipinski definition) is 13. The summed E-state index contributed by atoms with van der Waals surface area (Å²) in [5, 5.41) is 61.4. The Hall–Kier alpha value is -0.520. The summed E-state index contributed by atoms with van der Waals surface area (Å²) in [5.41, 5.74) is 23.3. The standard InChI is InChI=1S/C18H36N4O9/c19-3-5-1-8(10(22)14(27)11(5)24)29-16-9(4-23)30-18(15(16)28)31-17-12(25)6(20)2-7(21)13(17)26/h5-18,23-28H,1-4,19-22H2/t5-,6-,7?,8?,9?,10-,11+,12+,13-,14+,15?,16?,17?,18?/m0/s1. The number of aliphatic hydroxyl groups excluding tert-OH is 6. The molecule has 2 saturated carbocycles. The minimum atomic E-state index is -1.42. The number of aliphatic hydroxyl groups is 6. The fraction of sp³-hybridized carbons (Fsp3) is 1.00. The van der Waals surface area contributed by atoms with Gasteiger partial charge in [-0.3, -0.25) is 0 Å². The summed E-state index contributed by atoms with van der Waals surface area (Å²) in [4.78, 5) is 0. The summed E-state index contributed by atoms with van der Waals surface area (Å²) in [5.74, 6) is -0.464. The maximum atomic E-state index is 10.8.